The number of hydrogen-bond acceptors (Lipinski definition) is 2. The smallest absolute Gasteiger partial charge is 0.133 e. The number of rotatable bonds is 10. The Hall–Kier alpha value is -5.54. The summed E-state index contributed by atoms with van der Waals surface area (Å²) >= 11 is 6.08. The van der Waals surface area contributed by atoms with Crippen LogP contribution in [0.1, 0.15) is 290 Å². The third kappa shape index (κ3) is 18.3. The van der Waals surface area contributed by atoms with E-state index in [0.717, 1.165) is 77.0 Å². The molecule has 0 aliphatic heterocycles. The lowest BCUT2D eigenvalue weighted by Gasteiger charge is -2.22. The van der Waals surface area contributed by atoms with Crippen molar-refractivity contribution in [3.8, 4) is 0 Å². The van der Waals surface area contributed by atoms with Gasteiger partial charge in [0.1, 0.15) is 5.78 Å². The molecule has 11 atom stereocenters. The van der Waals surface area contributed by atoms with Crippen LogP contribution in [0.15, 0.2) is 164 Å². The zero-order valence-electron chi connectivity index (χ0n) is 64.3. The molecule has 3 heteroatoms. The number of aliphatic hydroxyl groups is 1. The molecule has 524 valence electrons. The van der Waals surface area contributed by atoms with Gasteiger partial charge < -0.3 is 5.11 Å². The second-order valence-electron chi connectivity index (χ2n) is 34.3. The van der Waals surface area contributed by atoms with Crippen LogP contribution in [0.25, 0.3) is 0 Å². The van der Waals surface area contributed by atoms with Gasteiger partial charge in [0.25, 0.3) is 0 Å². The number of hydrogen-bond donors (Lipinski definition) is 1. The number of Topliss-reactive ketones (excluding diaryl/α,β-unsaturated/α-hetero) is 1. The minimum atomic E-state index is 0.211. The fraction of sp³-hybridized carbons (Fsp3) is 0.543. The first-order valence-corrected chi connectivity index (χ1v) is 38.8. The standard InChI is InChI=1S/C14H19Cl.C14H18O.2C14H20.C13H18O.C13H18.C12H16/c1-9(2)12-8-14(3,4)13-7-10(15)5-6-11(12)13;1-9(2)14-12-7-5-4-6-11(12)8-13(14)10(3)15;1-10(2)12-9-14(3,4)13-8-6-5-7-11(12)13;1-4-11-9-12-7-5-6-8-13(12)14(11)10(2)3;1-9(2)12-7-10-5-3-4-6-11(10)13(12)8-14;1-9(2)13-10(3)8-11-6-4-5-7-12(11)13;1-9(2)11-8-7-10-5-3-4-6-12(10)11/h5-7,9,12H,8H2,1-4H3;4-7,9,13-14H,8H2,1-3H3;5-8,10,12H,9H2,1-4H3;5-8,10-11,14H,4,9H2,1-3H3;3-6,9,12-14H,7-8H2,1-2H3;4-7,9-10,13H,8H2,1-3H3;3-6,9,11H,7-8H2,1-2H3/t;;;;12-,13?;;/m....1../s1. The average molecular weight is 1330 g/mol. The van der Waals surface area contributed by atoms with E-state index in [2.05, 4.69) is 296 Å². The number of halogens is 1. The number of aliphatic hydroxyl groups excluding tert-OH is 1. The lowest BCUT2D eigenvalue weighted by molar-refractivity contribution is -0.121. The molecular weight excluding hydrogens is 1200 g/mol. The summed E-state index contributed by atoms with van der Waals surface area (Å²) in [5, 5.41) is 10.3. The molecule has 0 saturated carbocycles. The van der Waals surface area contributed by atoms with Gasteiger partial charge in [-0.1, -0.05) is 308 Å². The van der Waals surface area contributed by atoms with Gasteiger partial charge in [-0.25, -0.2) is 0 Å². The van der Waals surface area contributed by atoms with E-state index >= 15 is 0 Å². The Morgan fingerprint density at radius 2 is 0.856 bits per heavy atom. The number of carbonyl (C=O) groups excluding carboxylic acids is 1. The van der Waals surface area contributed by atoms with E-state index in [0.29, 0.717) is 59.2 Å². The van der Waals surface area contributed by atoms with E-state index in [9.17, 15) is 9.90 Å². The maximum atomic E-state index is 11.6. The lowest BCUT2D eigenvalue weighted by atomic mass is 9.81. The van der Waals surface area contributed by atoms with Crippen molar-refractivity contribution in [1.29, 1.82) is 0 Å². The molecule has 0 saturated heterocycles. The van der Waals surface area contributed by atoms with Crippen LogP contribution >= 0.6 is 11.6 Å². The van der Waals surface area contributed by atoms with Crippen LogP contribution in [0.4, 0.5) is 0 Å². The second-order valence-corrected chi connectivity index (χ2v) is 34.7. The summed E-state index contributed by atoms with van der Waals surface area (Å²) in [6.45, 7) is 48.4. The Labute approximate surface area is 597 Å². The summed E-state index contributed by atoms with van der Waals surface area (Å²) in [5.41, 5.74) is 21.9. The van der Waals surface area contributed by atoms with Gasteiger partial charge in [-0.05, 0) is 254 Å². The molecule has 2 nitrogen and oxygen atoms in total. The minimum Gasteiger partial charge on any atom is -0.396 e. The van der Waals surface area contributed by atoms with Crippen molar-refractivity contribution in [2.45, 2.75) is 255 Å². The lowest BCUT2D eigenvalue weighted by Crippen LogP contribution is -2.20. The fourth-order valence-corrected chi connectivity index (χ4v) is 19.4. The summed E-state index contributed by atoms with van der Waals surface area (Å²) in [7, 11) is 0. The quantitative estimate of drug-likeness (QED) is 0.148. The van der Waals surface area contributed by atoms with Gasteiger partial charge in [-0.15, -0.1) is 0 Å². The molecule has 14 rings (SSSR count). The van der Waals surface area contributed by atoms with E-state index in [-0.39, 0.29) is 11.3 Å². The van der Waals surface area contributed by atoms with Gasteiger partial charge in [0.15, 0.2) is 0 Å². The first-order valence-electron chi connectivity index (χ1n) is 38.4. The molecule has 0 bridgehead atoms. The summed E-state index contributed by atoms with van der Waals surface area (Å²) in [5.74, 6) is 12.6. The molecule has 7 aromatic rings. The highest BCUT2D eigenvalue weighted by molar-refractivity contribution is 6.30. The highest BCUT2D eigenvalue weighted by Gasteiger charge is 2.41. The predicted octanol–water partition coefficient (Wildman–Crippen LogP) is 25.6. The van der Waals surface area contributed by atoms with Crippen LogP contribution < -0.4 is 0 Å². The average Bonchev–Trinajstić information content (AvgIpc) is 1.63. The second kappa shape index (κ2) is 34.2. The van der Waals surface area contributed by atoms with E-state index in [4.69, 9.17) is 11.6 Å². The van der Waals surface area contributed by atoms with Gasteiger partial charge >= 0.3 is 0 Å². The van der Waals surface area contributed by atoms with Gasteiger partial charge in [0.05, 0.1) is 6.61 Å². The highest BCUT2D eigenvalue weighted by atomic mass is 35.5. The molecule has 0 fully saturated rings. The molecule has 7 aliphatic rings. The maximum Gasteiger partial charge on any atom is 0.133 e. The molecule has 7 aromatic carbocycles. The number of ketones is 1. The first kappa shape index (κ1) is 77.2. The SMILES string of the molecule is CC(=O)C1Cc2ccccc2C1C(C)C.CC(C)C1CC(C)(C)c2cc(Cl)ccc21.CC(C)C1CC(C)(C)c2ccccc21.CC(C)C1CCc2ccccc21.CC(C)C1c2ccccc2CC1C.CC(C)[C@H]1Cc2ccccc2C1CO.CCC1Cc2ccccc2C1C(C)C. The Morgan fingerprint density at radius 3 is 1.34 bits per heavy atom. The zero-order valence-corrected chi connectivity index (χ0v) is 65.0. The summed E-state index contributed by atoms with van der Waals surface area (Å²) in [6.07, 6.45) is 11.2. The molecule has 0 radical (unpaired) electrons. The Kier molecular flexibility index (Phi) is 27.2. The monoisotopic (exact) mass is 1320 g/mol. The molecule has 0 amide bonds. The molecular formula is C94H129ClO2. The molecule has 1 N–H and O–H groups in total. The van der Waals surface area contributed by atoms with Crippen LogP contribution in [-0.4, -0.2) is 17.5 Å². The van der Waals surface area contributed by atoms with Gasteiger partial charge in [-0.3, -0.25) is 4.79 Å². The maximum absolute atomic E-state index is 11.6. The number of fused-ring (bicyclic) bond motifs is 7. The molecule has 97 heavy (non-hydrogen) atoms. The third-order valence-corrected chi connectivity index (χ3v) is 24.5. The Morgan fingerprint density at radius 1 is 0.443 bits per heavy atom. The molecule has 10 unspecified atom stereocenters. The van der Waals surface area contributed by atoms with Gasteiger partial charge in [0, 0.05) is 16.9 Å². The third-order valence-electron chi connectivity index (χ3n) is 24.2. The van der Waals surface area contributed by atoms with Gasteiger partial charge in [0.2, 0.25) is 0 Å². The van der Waals surface area contributed by atoms with Crippen LogP contribution in [0.5, 0.6) is 0 Å². The molecule has 7 aliphatic carbocycles. The van der Waals surface area contributed by atoms with Crippen LogP contribution in [0.2, 0.25) is 5.02 Å². The van der Waals surface area contributed by atoms with E-state index < -0.39 is 0 Å². The van der Waals surface area contributed by atoms with E-state index in [1.807, 2.05) is 6.07 Å². The summed E-state index contributed by atoms with van der Waals surface area (Å²) in [4.78, 5) is 11.6. The summed E-state index contributed by atoms with van der Waals surface area (Å²) in [6, 6.07) is 59.2. The van der Waals surface area contributed by atoms with Crippen LogP contribution in [-0.2, 0) is 47.7 Å². The van der Waals surface area contributed by atoms with Gasteiger partial charge in [-0.2, -0.15) is 0 Å². The van der Waals surface area contributed by atoms with Crippen molar-refractivity contribution < 1.29 is 9.90 Å². The van der Waals surface area contributed by atoms with Crippen molar-refractivity contribution >= 4 is 17.4 Å². The minimum absolute atomic E-state index is 0.211. The van der Waals surface area contributed by atoms with Crippen molar-refractivity contribution in [3.63, 3.8) is 0 Å². The van der Waals surface area contributed by atoms with Crippen molar-refractivity contribution in [2.75, 3.05) is 6.61 Å². The Balaban J connectivity index is 0.000000145. The van der Waals surface area contributed by atoms with Crippen LogP contribution in [0, 0.1) is 65.1 Å². The Bertz CT molecular complexity index is 3630. The number of aryl methyl sites for hydroxylation is 1. The van der Waals surface area contributed by atoms with Crippen molar-refractivity contribution in [3.05, 3.63) is 247 Å². The highest BCUT2D eigenvalue weighted by Crippen LogP contribution is 2.52. The number of carbonyl (C=O) groups is 1. The largest absolute Gasteiger partial charge is 0.396 e. The predicted molar refractivity (Wildman–Crippen MR) is 419 cm³/mol. The summed E-state index contributed by atoms with van der Waals surface area (Å²) < 4.78 is 0. The van der Waals surface area contributed by atoms with Crippen molar-refractivity contribution in [1.82, 2.24) is 0 Å². The van der Waals surface area contributed by atoms with E-state index in [1.54, 1.807) is 51.4 Å². The molecule has 0 spiro atoms. The van der Waals surface area contributed by atoms with E-state index in [1.165, 1.54) is 78.3 Å². The molecule has 0 aromatic heterocycles. The first-order chi connectivity index (χ1) is 46.0. The topological polar surface area (TPSA) is 37.3 Å². The van der Waals surface area contributed by atoms with Crippen molar-refractivity contribution in [2.24, 2.45) is 65.1 Å². The zero-order chi connectivity index (χ0) is 70.8. The van der Waals surface area contributed by atoms with Crippen LogP contribution in [0.3, 0.4) is 0 Å². The normalized spacial score (nSPS) is 24.3. The molecule has 0 heterocycles. The fourth-order valence-electron chi connectivity index (χ4n) is 19.2. The number of benzene rings is 7.